The molecule has 0 saturated heterocycles. The minimum Gasteiger partial charge on any atom is -0.456 e. The molecule has 2 heterocycles. The van der Waals surface area contributed by atoms with E-state index in [0.717, 1.165) is 30.4 Å². The Balaban J connectivity index is 1.61. The number of hydrogen-bond acceptors (Lipinski definition) is 6. The number of anilines is 1. The maximum atomic E-state index is 12.1. The average Bonchev–Trinajstić information content (AvgIpc) is 3.04. The van der Waals surface area contributed by atoms with Crippen molar-refractivity contribution >= 4 is 34.6 Å². The second-order valence-corrected chi connectivity index (χ2v) is 8.41. The molecule has 7 heteroatoms. The number of benzene rings is 1. The molecular formula is C21H26N4O2S. The van der Waals surface area contributed by atoms with Gasteiger partial charge in [0.1, 0.15) is 11.1 Å². The zero-order chi connectivity index (χ0) is 20.3. The fourth-order valence-corrected chi connectivity index (χ4v) is 3.37. The first-order chi connectivity index (χ1) is 13.3. The van der Waals surface area contributed by atoms with Crippen LogP contribution in [0.1, 0.15) is 43.1 Å². The highest BCUT2D eigenvalue weighted by Crippen LogP contribution is 2.23. The minimum atomic E-state index is -0.489. The third-order valence-electron chi connectivity index (χ3n) is 4.25. The van der Waals surface area contributed by atoms with Gasteiger partial charge in [-0.2, -0.15) is 0 Å². The highest BCUT2D eigenvalue weighted by Gasteiger charge is 2.17. The number of aryl methyl sites for hydroxylation is 2. The molecule has 0 atom stereocenters. The van der Waals surface area contributed by atoms with Gasteiger partial charge in [0.15, 0.2) is 11.0 Å². The van der Waals surface area contributed by atoms with E-state index in [9.17, 15) is 4.79 Å². The molecule has 1 aromatic carbocycles. The zero-order valence-electron chi connectivity index (χ0n) is 16.7. The number of nitrogens with two attached hydrogens (primary N) is 1. The van der Waals surface area contributed by atoms with E-state index in [1.54, 1.807) is 0 Å². The third-order valence-corrected chi connectivity index (χ3v) is 4.80. The summed E-state index contributed by atoms with van der Waals surface area (Å²) in [6, 6.07) is 9.58. The summed E-state index contributed by atoms with van der Waals surface area (Å²) in [7, 11) is 0. The molecule has 0 aliphatic heterocycles. The van der Waals surface area contributed by atoms with E-state index in [0.29, 0.717) is 16.5 Å². The van der Waals surface area contributed by atoms with Crippen LogP contribution in [0.4, 0.5) is 5.82 Å². The number of ether oxygens (including phenoxy) is 1. The van der Waals surface area contributed by atoms with Crippen molar-refractivity contribution in [3.8, 4) is 0 Å². The minimum absolute atomic E-state index is 0.294. The number of hydrogen-bond donors (Lipinski definition) is 1. The lowest BCUT2D eigenvalue weighted by atomic mass is 10.1. The Kier molecular flexibility index (Phi) is 5.93. The molecule has 0 spiro atoms. The molecule has 0 radical (unpaired) electrons. The molecule has 0 aliphatic rings. The van der Waals surface area contributed by atoms with Crippen molar-refractivity contribution in [1.82, 2.24) is 14.5 Å². The number of carbonyl (C=O) groups is 1. The number of rotatable bonds is 6. The Morgan fingerprint density at radius 3 is 2.54 bits per heavy atom. The van der Waals surface area contributed by atoms with Crippen LogP contribution in [-0.2, 0) is 17.7 Å². The molecule has 6 nitrogen and oxygen atoms in total. The van der Waals surface area contributed by atoms with Crippen LogP contribution in [0, 0.1) is 0 Å². The van der Waals surface area contributed by atoms with E-state index < -0.39 is 5.60 Å². The van der Waals surface area contributed by atoms with Crippen LogP contribution in [0.15, 0.2) is 41.7 Å². The Morgan fingerprint density at radius 2 is 1.89 bits per heavy atom. The lowest BCUT2D eigenvalue weighted by Gasteiger charge is -2.19. The first-order valence-electron chi connectivity index (χ1n) is 9.25. The lowest BCUT2D eigenvalue weighted by Crippen LogP contribution is -2.23. The van der Waals surface area contributed by atoms with Gasteiger partial charge in [-0.1, -0.05) is 23.9 Å². The molecule has 2 N–H and O–H groups in total. The van der Waals surface area contributed by atoms with E-state index >= 15 is 0 Å². The van der Waals surface area contributed by atoms with Crippen molar-refractivity contribution in [2.45, 2.75) is 50.9 Å². The summed E-state index contributed by atoms with van der Waals surface area (Å²) in [5.41, 5.74) is 9.14. The van der Waals surface area contributed by atoms with Crippen molar-refractivity contribution < 1.29 is 9.53 Å². The standard InChI is InChI=1S/C21H26N4O2S/c1-21(2,3)27-19(26)15-9-7-14(8-10-15)6-5-12-25-13-11-16-17(25)18(22)24-20(23-16)28-4/h7-11,13H,5-6,12H2,1-4H3,(H2,22,23,24). The molecule has 2 aromatic heterocycles. The maximum absolute atomic E-state index is 12.1. The summed E-state index contributed by atoms with van der Waals surface area (Å²) >= 11 is 1.48. The van der Waals surface area contributed by atoms with Gasteiger partial charge in [-0.05, 0) is 63.6 Å². The second kappa shape index (κ2) is 8.22. The average molecular weight is 399 g/mol. The van der Waals surface area contributed by atoms with Gasteiger partial charge in [0.05, 0.1) is 11.1 Å². The molecule has 0 saturated carbocycles. The highest BCUT2D eigenvalue weighted by atomic mass is 32.2. The SMILES string of the molecule is CSc1nc(N)c2c(ccn2CCCc2ccc(C(=O)OC(C)(C)C)cc2)n1. The van der Waals surface area contributed by atoms with Crippen LogP contribution in [0.3, 0.4) is 0 Å². The largest absolute Gasteiger partial charge is 0.456 e. The first kappa shape index (κ1) is 20.2. The highest BCUT2D eigenvalue weighted by molar-refractivity contribution is 7.98. The fraction of sp³-hybridized carbons (Fsp3) is 0.381. The van der Waals surface area contributed by atoms with Gasteiger partial charge in [0.25, 0.3) is 0 Å². The Labute approximate surface area is 169 Å². The van der Waals surface area contributed by atoms with Crippen molar-refractivity contribution in [3.63, 3.8) is 0 Å². The van der Waals surface area contributed by atoms with E-state index in [2.05, 4.69) is 14.5 Å². The van der Waals surface area contributed by atoms with Crippen molar-refractivity contribution in [1.29, 1.82) is 0 Å². The Hall–Kier alpha value is -2.54. The van der Waals surface area contributed by atoms with Crippen LogP contribution in [0.2, 0.25) is 0 Å². The molecule has 0 aliphatic carbocycles. The number of nitrogens with zero attached hydrogens (tertiary/aromatic N) is 3. The fourth-order valence-electron chi connectivity index (χ4n) is 2.99. The number of nitrogen functional groups attached to an aromatic ring is 1. The molecule has 3 rings (SSSR count). The molecule has 28 heavy (non-hydrogen) atoms. The lowest BCUT2D eigenvalue weighted by molar-refractivity contribution is 0.00695. The summed E-state index contributed by atoms with van der Waals surface area (Å²) < 4.78 is 7.50. The Bertz CT molecular complexity index is 974. The topological polar surface area (TPSA) is 83.0 Å². The number of aromatic nitrogens is 3. The predicted octanol–water partition coefficient (Wildman–Crippen LogP) is 4.32. The van der Waals surface area contributed by atoms with Crippen molar-refractivity contribution in [3.05, 3.63) is 47.7 Å². The molecule has 148 valence electrons. The van der Waals surface area contributed by atoms with Gasteiger partial charge in [-0.15, -0.1) is 0 Å². The summed E-state index contributed by atoms with van der Waals surface area (Å²) in [6.07, 6.45) is 5.79. The van der Waals surface area contributed by atoms with E-state index in [4.69, 9.17) is 10.5 Å². The van der Waals surface area contributed by atoms with Gasteiger partial charge in [0, 0.05) is 12.7 Å². The van der Waals surface area contributed by atoms with Crippen LogP contribution < -0.4 is 5.73 Å². The van der Waals surface area contributed by atoms with Gasteiger partial charge < -0.3 is 15.0 Å². The van der Waals surface area contributed by atoms with Gasteiger partial charge >= 0.3 is 5.97 Å². The first-order valence-corrected chi connectivity index (χ1v) is 10.5. The van der Waals surface area contributed by atoms with Crippen molar-refractivity contribution in [2.75, 3.05) is 12.0 Å². The molecule has 3 aromatic rings. The monoisotopic (exact) mass is 398 g/mol. The molecule has 0 unspecified atom stereocenters. The number of carbonyl (C=O) groups excluding carboxylic acids is 1. The quantitative estimate of drug-likeness (QED) is 0.378. The van der Waals surface area contributed by atoms with Crippen LogP contribution in [-0.4, -0.2) is 32.4 Å². The van der Waals surface area contributed by atoms with E-state index in [1.165, 1.54) is 17.3 Å². The second-order valence-electron chi connectivity index (χ2n) is 7.64. The van der Waals surface area contributed by atoms with Gasteiger partial charge in [-0.3, -0.25) is 0 Å². The van der Waals surface area contributed by atoms with Crippen LogP contribution in [0.5, 0.6) is 0 Å². The summed E-state index contributed by atoms with van der Waals surface area (Å²) in [5, 5.41) is 0.688. The summed E-state index contributed by atoms with van der Waals surface area (Å²) in [6.45, 7) is 6.42. The van der Waals surface area contributed by atoms with Gasteiger partial charge in [-0.25, -0.2) is 14.8 Å². The zero-order valence-corrected chi connectivity index (χ0v) is 17.5. The van der Waals surface area contributed by atoms with Crippen LogP contribution >= 0.6 is 11.8 Å². The van der Waals surface area contributed by atoms with Crippen LogP contribution in [0.25, 0.3) is 11.0 Å². The normalized spacial score (nSPS) is 11.7. The van der Waals surface area contributed by atoms with Gasteiger partial charge in [0.2, 0.25) is 0 Å². The number of fused-ring (bicyclic) bond motifs is 1. The molecular weight excluding hydrogens is 372 g/mol. The Morgan fingerprint density at radius 1 is 1.18 bits per heavy atom. The number of thioether (sulfide) groups is 1. The molecule has 0 amide bonds. The smallest absolute Gasteiger partial charge is 0.338 e. The van der Waals surface area contributed by atoms with E-state index in [-0.39, 0.29) is 5.97 Å². The third kappa shape index (κ3) is 4.84. The van der Waals surface area contributed by atoms with Crippen molar-refractivity contribution in [2.24, 2.45) is 0 Å². The summed E-state index contributed by atoms with van der Waals surface area (Å²) in [4.78, 5) is 20.9. The predicted molar refractivity (Wildman–Crippen MR) is 114 cm³/mol. The number of esters is 1. The molecule has 0 bridgehead atoms. The van der Waals surface area contributed by atoms with E-state index in [1.807, 2.05) is 63.6 Å². The molecule has 0 fully saturated rings. The summed E-state index contributed by atoms with van der Waals surface area (Å²) in [5.74, 6) is 0.221. The maximum Gasteiger partial charge on any atom is 0.338 e.